The van der Waals surface area contributed by atoms with Gasteiger partial charge in [0.1, 0.15) is 11.3 Å². The number of nitrogens with one attached hydrogen (secondary N) is 1. The van der Waals surface area contributed by atoms with Gasteiger partial charge in [0.05, 0.1) is 6.54 Å². The first-order valence-corrected chi connectivity index (χ1v) is 5.54. The molecule has 0 bridgehead atoms. The Morgan fingerprint density at radius 2 is 2.27 bits per heavy atom. The third-order valence-corrected chi connectivity index (χ3v) is 2.97. The molecule has 1 fully saturated rings. The van der Waals surface area contributed by atoms with E-state index < -0.39 is 0 Å². The van der Waals surface area contributed by atoms with E-state index in [1.807, 2.05) is 12.1 Å². The van der Waals surface area contributed by atoms with Crippen LogP contribution in [0.4, 0.5) is 0 Å². The van der Waals surface area contributed by atoms with Crippen LogP contribution in [0.3, 0.4) is 0 Å². The van der Waals surface area contributed by atoms with Gasteiger partial charge in [-0.05, 0) is 37.5 Å². The fraction of sp³-hybridized carbons (Fsp3) is 0.385. The zero-order valence-corrected chi connectivity index (χ0v) is 8.92. The van der Waals surface area contributed by atoms with E-state index in [2.05, 4.69) is 24.4 Å². The highest BCUT2D eigenvalue weighted by atomic mass is 16.3. The quantitative estimate of drug-likeness (QED) is 0.825. The van der Waals surface area contributed by atoms with Gasteiger partial charge in [0.2, 0.25) is 0 Å². The standard InChI is InChI=1S/C13H15NO/c1-9-3-2-4-13-12(9)7-11(15-13)8-14-10-5-6-10/h2-4,7,10,14H,5-6,8H2,1H3. The van der Waals surface area contributed by atoms with Gasteiger partial charge in [-0.15, -0.1) is 0 Å². The molecule has 2 nitrogen and oxygen atoms in total. The van der Waals surface area contributed by atoms with E-state index >= 15 is 0 Å². The lowest BCUT2D eigenvalue weighted by atomic mass is 10.1. The Labute approximate surface area is 89.3 Å². The molecule has 1 aliphatic rings. The molecule has 78 valence electrons. The van der Waals surface area contributed by atoms with Crippen LogP contribution in [0.5, 0.6) is 0 Å². The van der Waals surface area contributed by atoms with Gasteiger partial charge in [-0.3, -0.25) is 0 Å². The molecule has 1 heterocycles. The first-order valence-electron chi connectivity index (χ1n) is 5.54. The first-order chi connectivity index (χ1) is 7.33. The molecule has 1 N–H and O–H groups in total. The second kappa shape index (κ2) is 3.38. The van der Waals surface area contributed by atoms with Crippen molar-refractivity contribution in [3.8, 4) is 0 Å². The predicted molar refractivity (Wildman–Crippen MR) is 60.8 cm³/mol. The fourth-order valence-electron chi connectivity index (χ4n) is 1.88. The van der Waals surface area contributed by atoms with Crippen molar-refractivity contribution >= 4 is 11.0 Å². The van der Waals surface area contributed by atoms with Gasteiger partial charge in [0.25, 0.3) is 0 Å². The van der Waals surface area contributed by atoms with Crippen LogP contribution in [0.1, 0.15) is 24.2 Å². The summed E-state index contributed by atoms with van der Waals surface area (Å²) < 4.78 is 5.76. The average molecular weight is 201 g/mol. The smallest absolute Gasteiger partial charge is 0.134 e. The van der Waals surface area contributed by atoms with Gasteiger partial charge in [-0.2, -0.15) is 0 Å². The summed E-state index contributed by atoms with van der Waals surface area (Å²) >= 11 is 0. The Hall–Kier alpha value is -1.28. The average Bonchev–Trinajstić information content (AvgIpc) is 2.95. The number of furan rings is 1. The van der Waals surface area contributed by atoms with Crippen molar-refractivity contribution in [2.75, 3.05) is 0 Å². The molecule has 0 amide bonds. The highest BCUT2D eigenvalue weighted by Crippen LogP contribution is 2.24. The molecule has 0 saturated heterocycles. The van der Waals surface area contributed by atoms with Gasteiger partial charge in [0.15, 0.2) is 0 Å². The molecule has 15 heavy (non-hydrogen) atoms. The Kier molecular flexibility index (Phi) is 2.03. The van der Waals surface area contributed by atoms with Crippen LogP contribution in [0, 0.1) is 6.92 Å². The second-order valence-corrected chi connectivity index (χ2v) is 4.35. The minimum absolute atomic E-state index is 0.735. The molecular weight excluding hydrogens is 186 g/mol. The maximum absolute atomic E-state index is 5.76. The highest BCUT2D eigenvalue weighted by Gasteiger charge is 2.20. The number of rotatable bonds is 3. The van der Waals surface area contributed by atoms with E-state index in [9.17, 15) is 0 Å². The van der Waals surface area contributed by atoms with E-state index in [4.69, 9.17) is 4.42 Å². The molecule has 0 spiro atoms. The van der Waals surface area contributed by atoms with Crippen molar-refractivity contribution in [3.05, 3.63) is 35.6 Å². The number of aryl methyl sites for hydroxylation is 1. The van der Waals surface area contributed by atoms with E-state index in [0.29, 0.717) is 0 Å². The fourth-order valence-corrected chi connectivity index (χ4v) is 1.88. The third-order valence-electron chi connectivity index (χ3n) is 2.97. The molecule has 0 aliphatic heterocycles. The maximum atomic E-state index is 5.76. The lowest BCUT2D eigenvalue weighted by molar-refractivity contribution is 0.512. The predicted octanol–water partition coefficient (Wildman–Crippen LogP) is 2.99. The molecule has 0 atom stereocenters. The molecular formula is C13H15NO. The van der Waals surface area contributed by atoms with Gasteiger partial charge >= 0.3 is 0 Å². The molecule has 1 saturated carbocycles. The van der Waals surface area contributed by atoms with Crippen molar-refractivity contribution < 1.29 is 4.42 Å². The molecule has 0 unspecified atom stereocenters. The molecule has 1 aromatic heterocycles. The van der Waals surface area contributed by atoms with Crippen molar-refractivity contribution in [1.82, 2.24) is 5.32 Å². The summed E-state index contributed by atoms with van der Waals surface area (Å²) in [4.78, 5) is 0. The lowest BCUT2D eigenvalue weighted by Gasteiger charge is -1.96. The van der Waals surface area contributed by atoms with E-state index in [1.54, 1.807) is 0 Å². The van der Waals surface area contributed by atoms with Crippen LogP contribution in [0.2, 0.25) is 0 Å². The molecule has 1 aliphatic carbocycles. The molecule has 2 heteroatoms. The summed E-state index contributed by atoms with van der Waals surface area (Å²) in [6.45, 7) is 2.98. The largest absolute Gasteiger partial charge is 0.460 e. The zero-order chi connectivity index (χ0) is 10.3. The molecule has 3 rings (SSSR count). The summed E-state index contributed by atoms with van der Waals surface area (Å²) in [5, 5.41) is 4.70. The van der Waals surface area contributed by atoms with Crippen LogP contribution < -0.4 is 5.32 Å². The summed E-state index contributed by atoms with van der Waals surface area (Å²) in [7, 11) is 0. The van der Waals surface area contributed by atoms with Gasteiger partial charge in [-0.25, -0.2) is 0 Å². The van der Waals surface area contributed by atoms with Crippen molar-refractivity contribution in [1.29, 1.82) is 0 Å². The number of fused-ring (bicyclic) bond motifs is 1. The van der Waals surface area contributed by atoms with Crippen LogP contribution in [0.15, 0.2) is 28.7 Å². The van der Waals surface area contributed by atoms with Crippen LogP contribution in [-0.2, 0) is 6.54 Å². The minimum Gasteiger partial charge on any atom is -0.460 e. The van der Waals surface area contributed by atoms with Crippen molar-refractivity contribution in [2.24, 2.45) is 0 Å². The molecule has 1 aromatic carbocycles. The van der Waals surface area contributed by atoms with E-state index in [0.717, 1.165) is 23.9 Å². The number of benzene rings is 1. The summed E-state index contributed by atoms with van der Waals surface area (Å²) in [6, 6.07) is 9.08. The zero-order valence-electron chi connectivity index (χ0n) is 8.92. The van der Waals surface area contributed by atoms with Crippen LogP contribution >= 0.6 is 0 Å². The Balaban J connectivity index is 1.88. The minimum atomic E-state index is 0.735. The second-order valence-electron chi connectivity index (χ2n) is 4.35. The number of hydrogen-bond donors (Lipinski definition) is 1. The Morgan fingerprint density at radius 3 is 3.00 bits per heavy atom. The third kappa shape index (κ3) is 1.77. The number of hydrogen-bond acceptors (Lipinski definition) is 2. The van der Waals surface area contributed by atoms with E-state index in [-0.39, 0.29) is 0 Å². The first kappa shape index (κ1) is 8.98. The van der Waals surface area contributed by atoms with Crippen LogP contribution in [-0.4, -0.2) is 6.04 Å². The van der Waals surface area contributed by atoms with Crippen molar-refractivity contribution in [3.63, 3.8) is 0 Å². The van der Waals surface area contributed by atoms with Gasteiger partial charge in [-0.1, -0.05) is 12.1 Å². The van der Waals surface area contributed by atoms with Gasteiger partial charge < -0.3 is 9.73 Å². The SMILES string of the molecule is Cc1cccc2oc(CNC3CC3)cc12. The summed E-state index contributed by atoms with van der Waals surface area (Å²) in [5.74, 6) is 1.05. The Bertz CT molecular complexity index is 482. The monoisotopic (exact) mass is 201 g/mol. The summed E-state index contributed by atoms with van der Waals surface area (Å²) in [5.41, 5.74) is 2.29. The van der Waals surface area contributed by atoms with Crippen molar-refractivity contribution in [2.45, 2.75) is 32.4 Å². The normalized spacial score (nSPS) is 16.1. The lowest BCUT2D eigenvalue weighted by Crippen LogP contribution is -2.14. The molecule has 2 aromatic rings. The molecule has 0 radical (unpaired) electrons. The summed E-state index contributed by atoms with van der Waals surface area (Å²) in [6.07, 6.45) is 2.64. The maximum Gasteiger partial charge on any atom is 0.134 e. The van der Waals surface area contributed by atoms with E-state index in [1.165, 1.54) is 23.8 Å². The Morgan fingerprint density at radius 1 is 1.40 bits per heavy atom. The van der Waals surface area contributed by atoms with Crippen LogP contribution in [0.25, 0.3) is 11.0 Å². The van der Waals surface area contributed by atoms with Gasteiger partial charge in [0, 0.05) is 11.4 Å². The highest BCUT2D eigenvalue weighted by molar-refractivity contribution is 5.81. The topological polar surface area (TPSA) is 25.2 Å².